The first-order valence-electron chi connectivity index (χ1n) is 11.1. The van der Waals surface area contributed by atoms with Crippen molar-refractivity contribution in [1.29, 1.82) is 0 Å². The van der Waals surface area contributed by atoms with Gasteiger partial charge in [-0.05, 0) is 66.6 Å². The van der Waals surface area contributed by atoms with Crippen LogP contribution in [0.4, 0.5) is 5.69 Å². The number of carboxylic acids is 1. The summed E-state index contributed by atoms with van der Waals surface area (Å²) in [6, 6.07) is 18.9. The van der Waals surface area contributed by atoms with Crippen molar-refractivity contribution in [3.63, 3.8) is 0 Å². The lowest BCUT2D eigenvalue weighted by molar-refractivity contribution is 0.0697. The molecular formula is C27H25N3O4. The van der Waals surface area contributed by atoms with Crippen LogP contribution in [0.3, 0.4) is 0 Å². The average molecular weight is 456 g/mol. The molecule has 1 saturated heterocycles. The van der Waals surface area contributed by atoms with Crippen molar-refractivity contribution in [2.75, 3.05) is 18.0 Å². The second-order valence-electron chi connectivity index (χ2n) is 8.28. The second kappa shape index (κ2) is 9.31. The highest BCUT2D eigenvalue weighted by atomic mass is 16.5. The summed E-state index contributed by atoms with van der Waals surface area (Å²) in [4.78, 5) is 18.0. The fraction of sp³-hybridized carbons (Fsp3) is 0.185. The second-order valence-corrected chi connectivity index (χ2v) is 8.28. The van der Waals surface area contributed by atoms with Gasteiger partial charge in [0.25, 0.3) is 0 Å². The minimum absolute atomic E-state index is 0.0305. The topological polar surface area (TPSA) is 76.8 Å². The van der Waals surface area contributed by atoms with E-state index in [4.69, 9.17) is 9.47 Å². The maximum atomic E-state index is 11.8. The Balaban J connectivity index is 1.24. The molecule has 1 N–H and O–H groups in total. The predicted octanol–water partition coefficient (Wildman–Crippen LogP) is 4.73. The highest BCUT2D eigenvalue weighted by Gasteiger charge is 2.31. The van der Waals surface area contributed by atoms with Crippen LogP contribution in [0.1, 0.15) is 21.5 Å². The standard InChI is InChI=1S/C27H25N3O4/c1-19-14-21(10-9-20(19)18-33-22-6-5-11-28-15-22)34-23-16-30(17-23)25-8-4-7-24(27(31)32)26(25)29-12-2-3-13-29/h2-15,23H,16-18H2,1H3,(H,31,32). The van der Waals surface area contributed by atoms with Gasteiger partial charge >= 0.3 is 5.97 Å². The Morgan fingerprint density at radius 2 is 1.88 bits per heavy atom. The lowest BCUT2D eigenvalue weighted by Crippen LogP contribution is -2.54. The van der Waals surface area contributed by atoms with Crippen LogP contribution in [0.5, 0.6) is 11.5 Å². The largest absolute Gasteiger partial charge is 0.487 e. The molecule has 7 nitrogen and oxygen atoms in total. The third-order valence-electron chi connectivity index (χ3n) is 5.94. The number of carboxylic acid groups (broad SMARTS) is 1. The number of rotatable bonds is 8. The van der Waals surface area contributed by atoms with Gasteiger partial charge in [0.05, 0.1) is 36.2 Å². The Bertz CT molecular complexity index is 1280. The Hall–Kier alpha value is -4.26. The first-order valence-corrected chi connectivity index (χ1v) is 11.1. The summed E-state index contributed by atoms with van der Waals surface area (Å²) < 4.78 is 13.8. The molecule has 0 aliphatic carbocycles. The van der Waals surface area contributed by atoms with E-state index in [1.54, 1.807) is 24.5 Å². The van der Waals surface area contributed by atoms with Crippen molar-refractivity contribution in [2.45, 2.75) is 19.6 Å². The van der Waals surface area contributed by atoms with Crippen LogP contribution in [-0.4, -0.2) is 39.8 Å². The monoisotopic (exact) mass is 455 g/mol. The maximum absolute atomic E-state index is 11.8. The molecule has 7 heteroatoms. The highest BCUT2D eigenvalue weighted by Crippen LogP contribution is 2.33. The Morgan fingerprint density at radius 1 is 1.06 bits per heavy atom. The molecule has 1 aliphatic heterocycles. The minimum Gasteiger partial charge on any atom is -0.487 e. The molecule has 172 valence electrons. The van der Waals surface area contributed by atoms with E-state index in [1.807, 2.05) is 72.4 Å². The SMILES string of the molecule is Cc1cc(OC2CN(c3cccc(C(=O)O)c3-n3cccc3)C2)ccc1COc1cccnc1. The lowest BCUT2D eigenvalue weighted by Gasteiger charge is -2.41. The Kier molecular flexibility index (Phi) is 5.91. The van der Waals surface area contributed by atoms with Crippen molar-refractivity contribution >= 4 is 11.7 Å². The highest BCUT2D eigenvalue weighted by molar-refractivity contribution is 5.95. The fourth-order valence-electron chi connectivity index (χ4n) is 4.11. The molecule has 1 aliphatic rings. The molecule has 4 aromatic rings. The van der Waals surface area contributed by atoms with Gasteiger partial charge in [0.15, 0.2) is 0 Å². The number of aromatic carboxylic acids is 1. The van der Waals surface area contributed by atoms with Crippen LogP contribution in [-0.2, 0) is 6.61 Å². The van der Waals surface area contributed by atoms with Crippen molar-refractivity contribution in [1.82, 2.24) is 9.55 Å². The summed E-state index contributed by atoms with van der Waals surface area (Å²) in [6.07, 6.45) is 7.17. The zero-order valence-corrected chi connectivity index (χ0v) is 18.8. The summed E-state index contributed by atoms with van der Waals surface area (Å²) in [6.45, 7) is 3.88. The molecule has 0 saturated carbocycles. The van der Waals surface area contributed by atoms with Crippen molar-refractivity contribution in [3.8, 4) is 17.2 Å². The van der Waals surface area contributed by atoms with Gasteiger partial charge < -0.3 is 24.0 Å². The number of ether oxygens (including phenoxy) is 2. The van der Waals surface area contributed by atoms with Gasteiger partial charge in [-0.25, -0.2) is 4.79 Å². The molecule has 0 amide bonds. The van der Waals surface area contributed by atoms with E-state index in [0.29, 0.717) is 25.4 Å². The van der Waals surface area contributed by atoms with Crippen molar-refractivity contribution < 1.29 is 19.4 Å². The zero-order valence-electron chi connectivity index (χ0n) is 18.8. The number of benzene rings is 2. The van der Waals surface area contributed by atoms with Gasteiger partial charge in [-0.1, -0.05) is 12.1 Å². The molecule has 0 bridgehead atoms. The summed E-state index contributed by atoms with van der Waals surface area (Å²) in [5, 5.41) is 9.69. The van der Waals surface area contributed by atoms with E-state index in [1.165, 1.54) is 0 Å². The first-order chi connectivity index (χ1) is 16.6. The van der Waals surface area contributed by atoms with Crippen LogP contribution >= 0.6 is 0 Å². The zero-order chi connectivity index (χ0) is 23.5. The summed E-state index contributed by atoms with van der Waals surface area (Å²) in [5.74, 6) is 0.613. The fourth-order valence-corrected chi connectivity index (χ4v) is 4.11. The van der Waals surface area contributed by atoms with Crippen LogP contribution in [0.25, 0.3) is 5.69 Å². The number of nitrogens with zero attached hydrogens (tertiary/aromatic N) is 3. The molecule has 0 spiro atoms. The molecular weight excluding hydrogens is 430 g/mol. The normalized spacial score (nSPS) is 13.4. The molecule has 0 atom stereocenters. The number of pyridine rings is 1. The molecule has 2 aromatic carbocycles. The van der Waals surface area contributed by atoms with Gasteiger partial charge in [0.1, 0.15) is 24.2 Å². The quantitative estimate of drug-likeness (QED) is 0.414. The first kappa shape index (κ1) is 21.6. The molecule has 0 unspecified atom stereocenters. The molecule has 3 heterocycles. The average Bonchev–Trinajstić information content (AvgIpc) is 3.35. The van der Waals surface area contributed by atoms with Gasteiger partial charge in [0.2, 0.25) is 0 Å². The number of hydrogen-bond acceptors (Lipinski definition) is 5. The molecule has 2 aromatic heterocycles. The number of para-hydroxylation sites is 1. The molecule has 34 heavy (non-hydrogen) atoms. The lowest BCUT2D eigenvalue weighted by atomic mass is 10.1. The third-order valence-corrected chi connectivity index (χ3v) is 5.94. The number of aromatic nitrogens is 2. The summed E-state index contributed by atoms with van der Waals surface area (Å²) in [5.41, 5.74) is 4.02. The van der Waals surface area contributed by atoms with E-state index < -0.39 is 5.97 Å². The van der Waals surface area contributed by atoms with Crippen LogP contribution in [0, 0.1) is 6.92 Å². The van der Waals surface area contributed by atoms with Gasteiger partial charge in [-0.3, -0.25) is 4.98 Å². The molecule has 1 fully saturated rings. The number of hydrogen-bond donors (Lipinski definition) is 1. The van der Waals surface area contributed by atoms with Crippen LogP contribution in [0.15, 0.2) is 85.5 Å². The summed E-state index contributed by atoms with van der Waals surface area (Å²) in [7, 11) is 0. The number of carbonyl (C=O) groups is 1. The van der Waals surface area contributed by atoms with E-state index in [9.17, 15) is 9.90 Å². The predicted molar refractivity (Wildman–Crippen MR) is 129 cm³/mol. The van der Waals surface area contributed by atoms with Gasteiger partial charge in [0, 0.05) is 18.6 Å². The third kappa shape index (κ3) is 4.45. The van der Waals surface area contributed by atoms with E-state index in [2.05, 4.69) is 9.88 Å². The maximum Gasteiger partial charge on any atom is 0.337 e. The molecule has 5 rings (SSSR count). The molecule has 0 radical (unpaired) electrons. The van der Waals surface area contributed by atoms with Crippen LogP contribution in [0.2, 0.25) is 0 Å². The van der Waals surface area contributed by atoms with Gasteiger partial charge in [-0.2, -0.15) is 0 Å². The number of aryl methyl sites for hydroxylation is 1. The van der Waals surface area contributed by atoms with Crippen molar-refractivity contribution in [3.05, 3.63) is 102 Å². The smallest absolute Gasteiger partial charge is 0.337 e. The minimum atomic E-state index is -0.943. The van der Waals surface area contributed by atoms with Crippen molar-refractivity contribution in [2.24, 2.45) is 0 Å². The van der Waals surface area contributed by atoms with Crippen LogP contribution < -0.4 is 14.4 Å². The van der Waals surface area contributed by atoms with E-state index in [-0.39, 0.29) is 11.7 Å². The van der Waals surface area contributed by atoms with E-state index in [0.717, 1.165) is 28.3 Å². The summed E-state index contributed by atoms with van der Waals surface area (Å²) >= 11 is 0. The van der Waals surface area contributed by atoms with Gasteiger partial charge in [-0.15, -0.1) is 0 Å². The Labute approximate surface area is 197 Å². The number of anilines is 1. The van der Waals surface area contributed by atoms with E-state index >= 15 is 0 Å². The Morgan fingerprint density at radius 3 is 2.59 bits per heavy atom.